The van der Waals surface area contributed by atoms with Crippen LogP contribution in [0.25, 0.3) is 11.1 Å². The van der Waals surface area contributed by atoms with Crippen molar-refractivity contribution in [2.75, 3.05) is 12.3 Å². The first-order valence-electron chi connectivity index (χ1n) is 9.06. The lowest BCUT2D eigenvalue weighted by molar-refractivity contribution is 0.0734. The average Bonchev–Trinajstić information content (AvgIpc) is 2.73. The number of nitrogens with zero attached hydrogens (tertiary/aromatic N) is 4. The Bertz CT molecular complexity index is 1100. The van der Waals surface area contributed by atoms with Gasteiger partial charge in [-0.15, -0.1) is 0 Å². The van der Waals surface area contributed by atoms with E-state index in [2.05, 4.69) is 16.0 Å². The Kier molecular flexibility index (Phi) is 4.50. The van der Waals surface area contributed by atoms with E-state index in [0.717, 1.165) is 27.9 Å². The van der Waals surface area contributed by atoms with E-state index in [0.29, 0.717) is 30.6 Å². The Labute approximate surface area is 163 Å². The van der Waals surface area contributed by atoms with E-state index in [4.69, 9.17) is 5.73 Å². The van der Waals surface area contributed by atoms with Crippen molar-refractivity contribution in [2.24, 2.45) is 0 Å². The molecule has 3 aromatic rings. The molecule has 0 saturated heterocycles. The van der Waals surface area contributed by atoms with E-state index in [1.54, 1.807) is 29.4 Å². The number of benzene rings is 1. The number of nitrogens with two attached hydrogens (primary N) is 1. The van der Waals surface area contributed by atoms with Crippen LogP contribution in [0.4, 0.5) is 5.82 Å². The van der Waals surface area contributed by atoms with Crippen molar-refractivity contribution in [3.05, 3.63) is 76.7 Å². The van der Waals surface area contributed by atoms with E-state index in [1.807, 2.05) is 31.2 Å². The molecule has 28 heavy (non-hydrogen) atoms. The first-order chi connectivity index (χ1) is 13.6. The summed E-state index contributed by atoms with van der Waals surface area (Å²) >= 11 is 0. The Morgan fingerprint density at radius 2 is 1.96 bits per heavy atom. The fraction of sp³-hybridized carbons (Fsp3) is 0.182. The summed E-state index contributed by atoms with van der Waals surface area (Å²) < 4.78 is 0. The standard InChI is InChI=1S/C22H19N5O/c1-14-4-2-3-5-16(14)20-17(12-23)21(24)26-19-8-11-27(13-18(19)20)22(28)15-6-9-25-10-7-15/h2-7,9-10H,8,11,13H2,1H3,(H2,24,26). The van der Waals surface area contributed by atoms with E-state index in [9.17, 15) is 10.1 Å². The summed E-state index contributed by atoms with van der Waals surface area (Å²) in [5, 5.41) is 9.75. The fourth-order valence-electron chi connectivity index (χ4n) is 3.69. The van der Waals surface area contributed by atoms with Gasteiger partial charge in [0, 0.05) is 48.6 Å². The third-order valence-electron chi connectivity index (χ3n) is 5.12. The largest absolute Gasteiger partial charge is 0.383 e. The number of pyridine rings is 2. The number of anilines is 1. The van der Waals surface area contributed by atoms with Crippen molar-refractivity contribution in [1.82, 2.24) is 14.9 Å². The van der Waals surface area contributed by atoms with Gasteiger partial charge in [0.2, 0.25) is 0 Å². The van der Waals surface area contributed by atoms with Gasteiger partial charge in [-0.1, -0.05) is 24.3 Å². The van der Waals surface area contributed by atoms with Crippen LogP contribution < -0.4 is 5.73 Å². The van der Waals surface area contributed by atoms with Crippen molar-refractivity contribution >= 4 is 11.7 Å². The first-order valence-corrected chi connectivity index (χ1v) is 9.06. The van der Waals surface area contributed by atoms with Crippen LogP contribution in [0.3, 0.4) is 0 Å². The van der Waals surface area contributed by atoms with Gasteiger partial charge in [-0.05, 0) is 30.2 Å². The van der Waals surface area contributed by atoms with Crippen molar-refractivity contribution in [3.63, 3.8) is 0 Å². The maximum atomic E-state index is 12.9. The molecule has 1 amide bonds. The Morgan fingerprint density at radius 3 is 2.68 bits per heavy atom. The van der Waals surface area contributed by atoms with E-state index < -0.39 is 0 Å². The highest BCUT2D eigenvalue weighted by molar-refractivity contribution is 5.94. The van der Waals surface area contributed by atoms with Gasteiger partial charge in [-0.2, -0.15) is 5.26 Å². The fourth-order valence-corrected chi connectivity index (χ4v) is 3.69. The predicted molar refractivity (Wildman–Crippen MR) is 106 cm³/mol. The van der Waals surface area contributed by atoms with Crippen molar-refractivity contribution in [3.8, 4) is 17.2 Å². The summed E-state index contributed by atoms with van der Waals surface area (Å²) in [5.74, 6) is 0.188. The van der Waals surface area contributed by atoms with Gasteiger partial charge in [0.15, 0.2) is 0 Å². The third kappa shape index (κ3) is 2.97. The summed E-state index contributed by atoms with van der Waals surface area (Å²) in [5.41, 5.74) is 11.6. The molecule has 138 valence electrons. The van der Waals surface area contributed by atoms with E-state index in [-0.39, 0.29) is 11.7 Å². The van der Waals surface area contributed by atoms with Gasteiger partial charge in [0.1, 0.15) is 17.5 Å². The summed E-state index contributed by atoms with van der Waals surface area (Å²) in [6, 6.07) is 13.5. The third-order valence-corrected chi connectivity index (χ3v) is 5.12. The van der Waals surface area contributed by atoms with Crippen LogP contribution in [-0.2, 0) is 13.0 Å². The smallest absolute Gasteiger partial charge is 0.254 e. The van der Waals surface area contributed by atoms with Crippen molar-refractivity contribution in [1.29, 1.82) is 5.26 Å². The van der Waals surface area contributed by atoms with E-state index >= 15 is 0 Å². The molecular weight excluding hydrogens is 350 g/mol. The Hall–Kier alpha value is -3.72. The zero-order valence-electron chi connectivity index (χ0n) is 15.5. The molecule has 1 aromatic carbocycles. The molecule has 0 spiro atoms. The molecule has 1 aliphatic heterocycles. The van der Waals surface area contributed by atoms with Gasteiger partial charge in [0.25, 0.3) is 5.91 Å². The van der Waals surface area contributed by atoms with Gasteiger partial charge in [0.05, 0.1) is 5.69 Å². The van der Waals surface area contributed by atoms with Crippen LogP contribution in [0.2, 0.25) is 0 Å². The summed E-state index contributed by atoms with van der Waals surface area (Å²) in [4.78, 5) is 23.2. The van der Waals surface area contributed by atoms with Crippen LogP contribution >= 0.6 is 0 Å². The molecule has 6 heteroatoms. The number of amides is 1. The average molecular weight is 369 g/mol. The zero-order chi connectivity index (χ0) is 19.7. The number of nitrogen functional groups attached to an aromatic ring is 1. The minimum atomic E-state index is -0.0564. The molecule has 6 nitrogen and oxygen atoms in total. The second-order valence-electron chi connectivity index (χ2n) is 6.81. The molecule has 3 heterocycles. The minimum absolute atomic E-state index is 0.0564. The molecule has 0 unspecified atom stereocenters. The zero-order valence-corrected chi connectivity index (χ0v) is 15.5. The second kappa shape index (κ2) is 7.12. The van der Waals surface area contributed by atoms with Gasteiger partial charge >= 0.3 is 0 Å². The number of hydrogen-bond donors (Lipinski definition) is 1. The van der Waals surface area contributed by atoms with Crippen LogP contribution in [0.1, 0.15) is 32.7 Å². The molecule has 0 aliphatic carbocycles. The van der Waals surface area contributed by atoms with Gasteiger partial charge in [-0.25, -0.2) is 4.98 Å². The van der Waals surface area contributed by atoms with Crippen LogP contribution in [0, 0.1) is 18.3 Å². The molecule has 0 fully saturated rings. The number of nitriles is 1. The lowest BCUT2D eigenvalue weighted by Gasteiger charge is -2.31. The number of carbonyl (C=O) groups is 1. The SMILES string of the molecule is Cc1ccccc1-c1c(C#N)c(N)nc2c1CN(C(=O)c1ccncc1)CC2. The number of aryl methyl sites for hydroxylation is 1. The maximum absolute atomic E-state index is 12.9. The van der Waals surface area contributed by atoms with Crippen molar-refractivity contribution < 1.29 is 4.79 Å². The molecule has 0 bridgehead atoms. The highest BCUT2D eigenvalue weighted by Gasteiger charge is 2.28. The molecule has 1 aliphatic rings. The molecule has 0 radical (unpaired) electrons. The lowest BCUT2D eigenvalue weighted by atomic mass is 9.89. The molecule has 0 atom stereocenters. The molecule has 0 saturated carbocycles. The quantitative estimate of drug-likeness (QED) is 0.749. The molecular formula is C22H19N5O. The predicted octanol–water partition coefficient (Wildman–Crippen LogP) is 3.10. The second-order valence-corrected chi connectivity index (χ2v) is 6.81. The van der Waals surface area contributed by atoms with Crippen molar-refractivity contribution in [2.45, 2.75) is 19.9 Å². The van der Waals surface area contributed by atoms with Crippen LogP contribution in [0.15, 0.2) is 48.8 Å². The number of aromatic nitrogens is 2. The van der Waals surface area contributed by atoms with Crippen LogP contribution in [-0.4, -0.2) is 27.3 Å². The Morgan fingerprint density at radius 1 is 1.21 bits per heavy atom. The summed E-state index contributed by atoms with van der Waals surface area (Å²) in [7, 11) is 0. The highest BCUT2D eigenvalue weighted by atomic mass is 16.2. The summed E-state index contributed by atoms with van der Waals surface area (Å²) in [6.45, 7) is 2.95. The number of fused-ring (bicyclic) bond motifs is 1. The van der Waals surface area contributed by atoms with E-state index in [1.165, 1.54) is 0 Å². The summed E-state index contributed by atoms with van der Waals surface area (Å²) in [6.07, 6.45) is 3.82. The molecule has 2 N–H and O–H groups in total. The maximum Gasteiger partial charge on any atom is 0.254 e. The number of carbonyl (C=O) groups excluding carboxylic acids is 1. The lowest BCUT2D eigenvalue weighted by Crippen LogP contribution is -2.37. The molecule has 2 aromatic heterocycles. The normalized spacial score (nSPS) is 12.9. The highest BCUT2D eigenvalue weighted by Crippen LogP contribution is 2.36. The monoisotopic (exact) mass is 369 g/mol. The minimum Gasteiger partial charge on any atom is -0.383 e. The first kappa shape index (κ1) is 17.7. The van der Waals surface area contributed by atoms with Gasteiger partial charge < -0.3 is 10.6 Å². The Balaban J connectivity index is 1.84. The topological polar surface area (TPSA) is 95.9 Å². The number of rotatable bonds is 2. The van der Waals surface area contributed by atoms with Crippen LogP contribution in [0.5, 0.6) is 0 Å². The number of hydrogen-bond acceptors (Lipinski definition) is 5. The molecule has 4 rings (SSSR count). The van der Waals surface area contributed by atoms with Gasteiger partial charge in [-0.3, -0.25) is 9.78 Å².